The third kappa shape index (κ3) is 7.87. The molecule has 0 aliphatic rings. The molecular formula is C12H23NO. The van der Waals surface area contributed by atoms with Gasteiger partial charge in [-0.25, -0.2) is 0 Å². The predicted octanol–water partition coefficient (Wildman–Crippen LogP) is 3.42. The first-order valence-electron chi connectivity index (χ1n) is 5.43. The van der Waals surface area contributed by atoms with Gasteiger partial charge in [-0.1, -0.05) is 26.2 Å². The van der Waals surface area contributed by atoms with Crippen LogP contribution in [-0.2, 0) is 0 Å². The van der Waals surface area contributed by atoms with Gasteiger partial charge in [0.1, 0.15) is 11.5 Å². The van der Waals surface area contributed by atoms with Gasteiger partial charge < -0.3 is 10.2 Å². The van der Waals surface area contributed by atoms with Gasteiger partial charge in [0.25, 0.3) is 0 Å². The standard InChI is InChI=1S/C6H15N.C6H8O/c1-2-3-4-5-6-7;1-5-3-4-6(2)7-5/h2-7H2,1H3;3-4H,1-2H3. The van der Waals surface area contributed by atoms with Crippen LogP contribution in [0.4, 0.5) is 0 Å². The fourth-order valence-corrected chi connectivity index (χ4v) is 1.13. The Morgan fingerprint density at radius 1 is 1.07 bits per heavy atom. The molecule has 0 aromatic carbocycles. The zero-order chi connectivity index (χ0) is 10.8. The van der Waals surface area contributed by atoms with Crippen LogP contribution in [0.5, 0.6) is 0 Å². The van der Waals surface area contributed by atoms with E-state index in [1.807, 2.05) is 26.0 Å². The molecule has 2 N–H and O–H groups in total. The first kappa shape index (κ1) is 13.2. The van der Waals surface area contributed by atoms with Crippen LogP contribution in [0, 0.1) is 13.8 Å². The Labute approximate surface area is 87.5 Å². The van der Waals surface area contributed by atoms with Crippen molar-refractivity contribution < 1.29 is 4.42 Å². The summed E-state index contributed by atoms with van der Waals surface area (Å²) >= 11 is 0. The summed E-state index contributed by atoms with van der Waals surface area (Å²) in [6.07, 6.45) is 5.16. The molecule has 1 aromatic rings. The van der Waals surface area contributed by atoms with E-state index in [0.717, 1.165) is 18.1 Å². The number of hydrogen-bond acceptors (Lipinski definition) is 2. The third-order valence-corrected chi connectivity index (χ3v) is 1.93. The Hall–Kier alpha value is -0.760. The van der Waals surface area contributed by atoms with Gasteiger partial charge >= 0.3 is 0 Å². The lowest BCUT2D eigenvalue weighted by atomic mass is 10.2. The molecule has 2 heteroatoms. The lowest BCUT2D eigenvalue weighted by Gasteiger charge is -1.90. The Morgan fingerprint density at radius 3 is 1.93 bits per heavy atom. The van der Waals surface area contributed by atoms with Crippen LogP contribution in [0.1, 0.15) is 44.1 Å². The van der Waals surface area contributed by atoms with Crippen LogP contribution in [-0.4, -0.2) is 6.54 Å². The molecule has 0 saturated carbocycles. The highest BCUT2D eigenvalue weighted by atomic mass is 16.3. The summed E-state index contributed by atoms with van der Waals surface area (Å²) in [6.45, 7) is 6.94. The average Bonchev–Trinajstić information content (AvgIpc) is 2.52. The molecule has 1 heterocycles. The summed E-state index contributed by atoms with van der Waals surface area (Å²) < 4.78 is 5.08. The fraction of sp³-hybridized carbons (Fsp3) is 0.667. The molecule has 82 valence electrons. The van der Waals surface area contributed by atoms with Gasteiger partial charge in [-0.2, -0.15) is 0 Å². The first-order chi connectivity index (χ1) is 6.70. The zero-order valence-corrected chi connectivity index (χ0v) is 9.68. The summed E-state index contributed by atoms with van der Waals surface area (Å²) in [7, 11) is 0. The van der Waals surface area contributed by atoms with Gasteiger partial charge in [0, 0.05) is 0 Å². The molecule has 0 aliphatic carbocycles. The topological polar surface area (TPSA) is 39.2 Å². The van der Waals surface area contributed by atoms with E-state index in [1.54, 1.807) is 0 Å². The predicted molar refractivity (Wildman–Crippen MR) is 61.4 cm³/mol. The number of unbranched alkanes of at least 4 members (excludes halogenated alkanes) is 3. The highest BCUT2D eigenvalue weighted by Gasteiger charge is 1.85. The van der Waals surface area contributed by atoms with Crippen LogP contribution < -0.4 is 5.73 Å². The molecule has 0 unspecified atom stereocenters. The highest BCUT2D eigenvalue weighted by molar-refractivity contribution is 5.02. The van der Waals surface area contributed by atoms with Gasteiger partial charge in [-0.05, 0) is 38.9 Å². The molecule has 0 spiro atoms. The van der Waals surface area contributed by atoms with Gasteiger partial charge in [-0.3, -0.25) is 0 Å². The van der Waals surface area contributed by atoms with Crippen molar-refractivity contribution in [3.63, 3.8) is 0 Å². The van der Waals surface area contributed by atoms with Crippen LogP contribution >= 0.6 is 0 Å². The van der Waals surface area contributed by atoms with Crippen molar-refractivity contribution >= 4 is 0 Å². The normalized spacial score (nSPS) is 9.43. The van der Waals surface area contributed by atoms with Crippen molar-refractivity contribution in [3.8, 4) is 0 Å². The monoisotopic (exact) mass is 197 g/mol. The van der Waals surface area contributed by atoms with Crippen molar-refractivity contribution in [2.75, 3.05) is 6.54 Å². The van der Waals surface area contributed by atoms with E-state index in [9.17, 15) is 0 Å². The molecule has 14 heavy (non-hydrogen) atoms. The summed E-state index contributed by atoms with van der Waals surface area (Å²) in [6, 6.07) is 3.91. The van der Waals surface area contributed by atoms with E-state index in [0.29, 0.717) is 0 Å². The molecule has 0 aliphatic heterocycles. The SMILES string of the molecule is CCCCCCN.Cc1ccc(C)o1. The van der Waals surface area contributed by atoms with Gasteiger partial charge in [0.15, 0.2) is 0 Å². The number of rotatable bonds is 4. The molecule has 2 nitrogen and oxygen atoms in total. The molecule has 1 rings (SSSR count). The quantitative estimate of drug-likeness (QED) is 0.751. The maximum Gasteiger partial charge on any atom is 0.101 e. The van der Waals surface area contributed by atoms with Crippen molar-refractivity contribution in [3.05, 3.63) is 23.7 Å². The van der Waals surface area contributed by atoms with E-state index >= 15 is 0 Å². The largest absolute Gasteiger partial charge is 0.467 e. The van der Waals surface area contributed by atoms with Crippen LogP contribution in [0.15, 0.2) is 16.5 Å². The molecule has 0 bridgehead atoms. The van der Waals surface area contributed by atoms with Crippen molar-refractivity contribution in [2.45, 2.75) is 46.5 Å². The minimum Gasteiger partial charge on any atom is -0.467 e. The maximum atomic E-state index is 5.27. The van der Waals surface area contributed by atoms with Crippen molar-refractivity contribution in [1.82, 2.24) is 0 Å². The second kappa shape index (κ2) is 8.82. The van der Waals surface area contributed by atoms with E-state index in [4.69, 9.17) is 10.2 Å². The molecule has 0 atom stereocenters. The summed E-state index contributed by atoms with van der Waals surface area (Å²) in [5.74, 6) is 1.97. The third-order valence-electron chi connectivity index (χ3n) is 1.93. The van der Waals surface area contributed by atoms with Crippen LogP contribution in [0.25, 0.3) is 0 Å². The Morgan fingerprint density at radius 2 is 1.64 bits per heavy atom. The van der Waals surface area contributed by atoms with Gasteiger partial charge in [-0.15, -0.1) is 0 Å². The van der Waals surface area contributed by atoms with Crippen LogP contribution in [0.2, 0.25) is 0 Å². The highest BCUT2D eigenvalue weighted by Crippen LogP contribution is 2.02. The maximum absolute atomic E-state index is 5.27. The average molecular weight is 197 g/mol. The van der Waals surface area contributed by atoms with Crippen molar-refractivity contribution in [2.24, 2.45) is 5.73 Å². The van der Waals surface area contributed by atoms with E-state index in [-0.39, 0.29) is 0 Å². The Bertz CT molecular complexity index is 197. The number of furan rings is 1. The lowest BCUT2D eigenvalue weighted by molar-refractivity contribution is 0.504. The van der Waals surface area contributed by atoms with E-state index in [2.05, 4.69) is 6.92 Å². The lowest BCUT2D eigenvalue weighted by Crippen LogP contribution is -1.97. The van der Waals surface area contributed by atoms with Crippen LogP contribution in [0.3, 0.4) is 0 Å². The second-order valence-electron chi connectivity index (χ2n) is 3.51. The second-order valence-corrected chi connectivity index (χ2v) is 3.51. The number of hydrogen-bond donors (Lipinski definition) is 1. The van der Waals surface area contributed by atoms with Crippen molar-refractivity contribution in [1.29, 1.82) is 0 Å². The Balaban J connectivity index is 0.000000241. The minimum atomic E-state index is 0.861. The summed E-state index contributed by atoms with van der Waals surface area (Å²) in [5, 5.41) is 0. The first-order valence-corrected chi connectivity index (χ1v) is 5.43. The zero-order valence-electron chi connectivity index (χ0n) is 9.68. The fourth-order valence-electron chi connectivity index (χ4n) is 1.13. The van der Waals surface area contributed by atoms with E-state index < -0.39 is 0 Å². The number of aryl methyl sites for hydroxylation is 2. The minimum absolute atomic E-state index is 0.861. The Kier molecular flexibility index (Phi) is 8.34. The molecule has 0 amide bonds. The van der Waals surface area contributed by atoms with E-state index in [1.165, 1.54) is 25.7 Å². The molecular weight excluding hydrogens is 174 g/mol. The molecule has 0 radical (unpaired) electrons. The smallest absolute Gasteiger partial charge is 0.101 e. The molecule has 0 fully saturated rings. The summed E-state index contributed by atoms with van der Waals surface area (Å²) in [5.41, 5.74) is 5.27. The molecule has 0 saturated heterocycles. The van der Waals surface area contributed by atoms with Gasteiger partial charge in [0.05, 0.1) is 0 Å². The number of nitrogens with two attached hydrogens (primary N) is 1. The van der Waals surface area contributed by atoms with Gasteiger partial charge in [0.2, 0.25) is 0 Å². The summed E-state index contributed by atoms with van der Waals surface area (Å²) in [4.78, 5) is 0. The molecule has 1 aromatic heterocycles.